The molecule has 2 aromatic rings. The zero-order valence-corrected chi connectivity index (χ0v) is 17.4. The number of amides is 3. The van der Waals surface area contributed by atoms with Gasteiger partial charge in [0.1, 0.15) is 6.04 Å². The van der Waals surface area contributed by atoms with Crippen LogP contribution in [0.3, 0.4) is 0 Å². The summed E-state index contributed by atoms with van der Waals surface area (Å²) in [6.07, 6.45) is 1.41. The van der Waals surface area contributed by atoms with E-state index >= 15 is 0 Å². The van der Waals surface area contributed by atoms with Crippen LogP contribution in [0.25, 0.3) is 0 Å². The van der Waals surface area contributed by atoms with E-state index in [2.05, 4.69) is 10.6 Å². The van der Waals surface area contributed by atoms with Crippen molar-refractivity contribution in [3.63, 3.8) is 0 Å². The van der Waals surface area contributed by atoms with Crippen molar-refractivity contribution in [2.45, 2.75) is 25.4 Å². The summed E-state index contributed by atoms with van der Waals surface area (Å²) in [5, 5.41) is 5.76. The van der Waals surface area contributed by atoms with E-state index in [1.807, 2.05) is 30.3 Å². The van der Waals surface area contributed by atoms with Gasteiger partial charge >= 0.3 is 6.03 Å². The van der Waals surface area contributed by atoms with Crippen molar-refractivity contribution in [1.29, 1.82) is 0 Å². The molecular weight excluding hydrogens is 386 g/mol. The van der Waals surface area contributed by atoms with Gasteiger partial charge in [-0.15, -0.1) is 0 Å². The quantitative estimate of drug-likeness (QED) is 0.728. The first-order valence-corrected chi connectivity index (χ1v) is 9.76. The number of ether oxygens (including phenoxy) is 3. The minimum Gasteiger partial charge on any atom is -0.493 e. The fourth-order valence-corrected chi connectivity index (χ4v) is 3.54. The maximum Gasteiger partial charge on any atom is 0.322 e. The second-order valence-corrected chi connectivity index (χ2v) is 6.90. The summed E-state index contributed by atoms with van der Waals surface area (Å²) in [6, 6.07) is 12.0. The number of rotatable bonds is 7. The van der Waals surface area contributed by atoms with Crippen molar-refractivity contribution < 1.29 is 23.8 Å². The lowest BCUT2D eigenvalue weighted by molar-refractivity contribution is -0.124. The van der Waals surface area contributed by atoms with E-state index in [1.54, 1.807) is 31.3 Å². The van der Waals surface area contributed by atoms with Crippen LogP contribution >= 0.6 is 0 Å². The Morgan fingerprint density at radius 2 is 1.70 bits per heavy atom. The van der Waals surface area contributed by atoms with Crippen LogP contribution in [0.5, 0.6) is 17.2 Å². The summed E-state index contributed by atoms with van der Waals surface area (Å²) in [4.78, 5) is 27.0. The smallest absolute Gasteiger partial charge is 0.322 e. The number of urea groups is 1. The monoisotopic (exact) mass is 413 g/mol. The molecule has 1 atom stereocenters. The number of likely N-dealkylation sites (tertiary alicyclic amines) is 1. The maximum absolute atomic E-state index is 12.8. The first-order chi connectivity index (χ1) is 14.6. The molecule has 1 fully saturated rings. The van der Waals surface area contributed by atoms with Gasteiger partial charge in [-0.2, -0.15) is 0 Å². The summed E-state index contributed by atoms with van der Waals surface area (Å²) in [5.41, 5.74) is 1.50. The molecule has 3 amide bonds. The van der Waals surface area contributed by atoms with E-state index in [1.165, 1.54) is 7.11 Å². The molecule has 2 N–H and O–H groups in total. The number of para-hydroxylation sites is 1. The van der Waals surface area contributed by atoms with Gasteiger partial charge in [0.25, 0.3) is 0 Å². The van der Waals surface area contributed by atoms with Gasteiger partial charge in [0, 0.05) is 18.8 Å². The molecule has 0 radical (unpaired) electrons. The molecule has 2 aromatic carbocycles. The van der Waals surface area contributed by atoms with Gasteiger partial charge in [0.15, 0.2) is 11.5 Å². The van der Waals surface area contributed by atoms with Gasteiger partial charge in [-0.1, -0.05) is 18.2 Å². The molecule has 1 saturated heterocycles. The first kappa shape index (κ1) is 21.3. The predicted molar refractivity (Wildman–Crippen MR) is 113 cm³/mol. The van der Waals surface area contributed by atoms with E-state index in [0.29, 0.717) is 35.9 Å². The van der Waals surface area contributed by atoms with E-state index in [4.69, 9.17) is 14.2 Å². The van der Waals surface area contributed by atoms with Crippen LogP contribution in [0.15, 0.2) is 42.5 Å². The zero-order chi connectivity index (χ0) is 21.5. The standard InChI is InChI=1S/C22H27N3O5/c1-28-18-12-15(13-19(29-2)20(18)30-3)14-23-21(26)17-10-7-11-25(17)22(27)24-16-8-5-4-6-9-16/h4-6,8-9,12-13,17H,7,10-11,14H2,1-3H3,(H,23,26)(H,24,27). The number of benzene rings is 2. The van der Waals surface area contributed by atoms with Crippen LogP contribution in [-0.2, 0) is 11.3 Å². The number of carbonyl (C=O) groups excluding carboxylic acids is 2. The lowest BCUT2D eigenvalue weighted by atomic mass is 10.1. The van der Waals surface area contributed by atoms with Crippen LogP contribution < -0.4 is 24.8 Å². The van der Waals surface area contributed by atoms with E-state index < -0.39 is 6.04 Å². The molecule has 8 nitrogen and oxygen atoms in total. The zero-order valence-electron chi connectivity index (χ0n) is 17.4. The third kappa shape index (κ3) is 4.76. The highest BCUT2D eigenvalue weighted by atomic mass is 16.5. The Hall–Kier alpha value is -3.42. The van der Waals surface area contributed by atoms with Gasteiger partial charge in [0.2, 0.25) is 11.7 Å². The molecule has 1 aliphatic rings. The first-order valence-electron chi connectivity index (χ1n) is 9.76. The SMILES string of the molecule is COc1cc(CNC(=O)C2CCCN2C(=O)Nc2ccccc2)cc(OC)c1OC. The van der Waals surface area contributed by atoms with Crippen LogP contribution in [0.1, 0.15) is 18.4 Å². The third-order valence-electron chi connectivity index (χ3n) is 5.03. The van der Waals surface area contributed by atoms with Crippen molar-refractivity contribution in [2.75, 3.05) is 33.2 Å². The summed E-state index contributed by atoms with van der Waals surface area (Å²) < 4.78 is 16.0. The molecule has 1 aliphatic heterocycles. The van der Waals surface area contributed by atoms with Crippen LogP contribution in [0, 0.1) is 0 Å². The number of methoxy groups -OCH3 is 3. The number of carbonyl (C=O) groups is 2. The minimum atomic E-state index is -0.504. The minimum absolute atomic E-state index is 0.190. The average Bonchev–Trinajstić information content (AvgIpc) is 3.27. The largest absolute Gasteiger partial charge is 0.493 e. The summed E-state index contributed by atoms with van der Waals surface area (Å²) in [5.74, 6) is 1.34. The Morgan fingerprint density at radius 3 is 2.30 bits per heavy atom. The fourth-order valence-electron chi connectivity index (χ4n) is 3.54. The molecule has 1 unspecified atom stereocenters. The van der Waals surface area contributed by atoms with Gasteiger partial charge in [0.05, 0.1) is 21.3 Å². The number of hydrogen-bond donors (Lipinski definition) is 2. The van der Waals surface area contributed by atoms with Crippen LogP contribution in [0.2, 0.25) is 0 Å². The second-order valence-electron chi connectivity index (χ2n) is 6.90. The summed E-state index contributed by atoms with van der Waals surface area (Å²) in [7, 11) is 4.62. The van der Waals surface area contributed by atoms with Crippen LogP contribution in [-0.4, -0.2) is 50.8 Å². The number of anilines is 1. The summed E-state index contributed by atoms with van der Waals surface area (Å²) >= 11 is 0. The molecule has 3 rings (SSSR count). The Kier molecular flexibility index (Phi) is 7.00. The third-order valence-corrected chi connectivity index (χ3v) is 5.03. The van der Waals surface area contributed by atoms with Crippen molar-refractivity contribution in [2.24, 2.45) is 0 Å². The average molecular weight is 413 g/mol. The molecule has 1 heterocycles. The van der Waals surface area contributed by atoms with Gasteiger partial charge in [-0.05, 0) is 42.7 Å². The molecule has 8 heteroatoms. The molecule has 0 saturated carbocycles. The fraction of sp³-hybridized carbons (Fsp3) is 0.364. The normalized spacial score (nSPS) is 15.4. The Labute approximate surface area is 176 Å². The molecular formula is C22H27N3O5. The van der Waals surface area contributed by atoms with Crippen molar-refractivity contribution >= 4 is 17.6 Å². The lowest BCUT2D eigenvalue weighted by Crippen LogP contribution is -2.47. The Balaban J connectivity index is 1.64. The van der Waals surface area contributed by atoms with Crippen molar-refractivity contribution in [3.05, 3.63) is 48.0 Å². The van der Waals surface area contributed by atoms with Crippen molar-refractivity contribution in [3.8, 4) is 17.2 Å². The predicted octanol–water partition coefficient (Wildman–Crippen LogP) is 3.03. The Bertz CT molecular complexity index is 863. The van der Waals surface area contributed by atoms with E-state index in [-0.39, 0.29) is 18.5 Å². The van der Waals surface area contributed by atoms with Gasteiger partial charge in [-0.3, -0.25) is 4.79 Å². The number of nitrogens with zero attached hydrogens (tertiary/aromatic N) is 1. The van der Waals surface area contributed by atoms with Gasteiger partial charge in [-0.25, -0.2) is 4.79 Å². The molecule has 160 valence electrons. The second kappa shape index (κ2) is 9.87. The number of hydrogen-bond acceptors (Lipinski definition) is 5. The topological polar surface area (TPSA) is 89.1 Å². The highest BCUT2D eigenvalue weighted by molar-refractivity contribution is 5.94. The van der Waals surface area contributed by atoms with E-state index in [0.717, 1.165) is 12.0 Å². The van der Waals surface area contributed by atoms with Crippen molar-refractivity contribution in [1.82, 2.24) is 10.2 Å². The molecule has 0 bridgehead atoms. The number of nitrogens with one attached hydrogen (secondary N) is 2. The molecule has 0 aromatic heterocycles. The molecule has 30 heavy (non-hydrogen) atoms. The highest BCUT2D eigenvalue weighted by Gasteiger charge is 2.34. The molecule has 0 spiro atoms. The lowest BCUT2D eigenvalue weighted by Gasteiger charge is -2.24. The molecule has 0 aliphatic carbocycles. The maximum atomic E-state index is 12.8. The Morgan fingerprint density at radius 1 is 1.03 bits per heavy atom. The van der Waals surface area contributed by atoms with Crippen LogP contribution in [0.4, 0.5) is 10.5 Å². The van der Waals surface area contributed by atoms with Gasteiger partial charge < -0.3 is 29.7 Å². The summed E-state index contributed by atoms with van der Waals surface area (Å²) in [6.45, 7) is 0.821. The van der Waals surface area contributed by atoms with E-state index in [9.17, 15) is 9.59 Å². The highest BCUT2D eigenvalue weighted by Crippen LogP contribution is 2.38.